The first-order valence-corrected chi connectivity index (χ1v) is 20.9. The second-order valence-corrected chi connectivity index (χ2v) is 16.9. The molecule has 15 heteroatoms. The van der Waals surface area contributed by atoms with E-state index in [1.165, 1.54) is 30.9 Å². The largest absolute Gasteiger partial charge is 0.453 e. The van der Waals surface area contributed by atoms with Crippen molar-refractivity contribution in [2.45, 2.75) is 102 Å². The molecular formula is C44H55N9O6. The lowest BCUT2D eigenvalue weighted by atomic mass is 9.82. The van der Waals surface area contributed by atoms with E-state index in [9.17, 15) is 19.2 Å². The summed E-state index contributed by atoms with van der Waals surface area (Å²) in [6.45, 7) is 8.84. The Hall–Kier alpha value is -5.70. The van der Waals surface area contributed by atoms with Crippen LogP contribution in [0.4, 0.5) is 9.59 Å². The first-order valence-electron chi connectivity index (χ1n) is 20.9. The molecule has 5 N–H and O–H groups in total. The summed E-state index contributed by atoms with van der Waals surface area (Å²) in [6, 6.07) is 11.6. The minimum atomic E-state index is -0.692. The number of H-pyrrole nitrogens is 2. The average Bonchev–Trinajstić information content (AvgIpc) is 4.10. The lowest BCUT2D eigenvalue weighted by molar-refractivity contribution is -0.136. The van der Waals surface area contributed by atoms with Gasteiger partial charge in [-0.25, -0.2) is 19.6 Å². The Morgan fingerprint density at radius 3 is 1.61 bits per heavy atom. The number of benzene rings is 2. The molecule has 3 saturated heterocycles. The van der Waals surface area contributed by atoms with Gasteiger partial charge in [0.15, 0.2) is 0 Å². The Labute approximate surface area is 344 Å². The number of hydrogen-bond acceptors (Lipinski definition) is 9. The maximum Gasteiger partial charge on any atom is 0.407 e. The first kappa shape index (κ1) is 40.1. The van der Waals surface area contributed by atoms with Gasteiger partial charge in [0, 0.05) is 30.7 Å². The number of amides is 4. The fraction of sp³-hybridized carbons (Fsp3) is 0.500. The minimum Gasteiger partial charge on any atom is -0.453 e. The van der Waals surface area contributed by atoms with Crippen LogP contribution in [0.25, 0.3) is 33.6 Å². The zero-order valence-corrected chi connectivity index (χ0v) is 34.6. The van der Waals surface area contributed by atoms with Gasteiger partial charge in [-0.15, -0.1) is 0 Å². The number of carbonyl (C=O) groups is 4. The molecule has 4 aliphatic rings. The summed E-state index contributed by atoms with van der Waals surface area (Å²) < 4.78 is 9.58. The molecule has 6 atom stereocenters. The zero-order valence-electron chi connectivity index (χ0n) is 34.6. The number of hydrogen-bond donors (Lipinski definition) is 5. The van der Waals surface area contributed by atoms with E-state index in [1.54, 1.807) is 0 Å². The van der Waals surface area contributed by atoms with Crippen molar-refractivity contribution in [3.63, 3.8) is 0 Å². The topological polar surface area (TPSA) is 187 Å². The number of nitrogens with zero attached hydrogens (tertiary/aromatic N) is 4. The van der Waals surface area contributed by atoms with Gasteiger partial charge in [-0.2, -0.15) is 0 Å². The number of carbonyl (C=O) groups excluding carboxylic acids is 4. The van der Waals surface area contributed by atoms with Crippen LogP contribution in [-0.2, 0) is 19.1 Å². The predicted molar refractivity (Wildman–Crippen MR) is 221 cm³/mol. The summed E-state index contributed by atoms with van der Waals surface area (Å²) in [5.74, 6) is 1.00. The van der Waals surface area contributed by atoms with Crippen LogP contribution in [0, 0.1) is 11.8 Å². The van der Waals surface area contributed by atoms with Crippen molar-refractivity contribution in [2.75, 3.05) is 27.3 Å². The van der Waals surface area contributed by atoms with Crippen molar-refractivity contribution >= 4 is 24.0 Å². The molecule has 4 aromatic rings. The number of likely N-dealkylation sites (tertiary alicyclic amines) is 2. The lowest BCUT2D eigenvalue weighted by Gasteiger charge is -2.30. The molecule has 0 aliphatic carbocycles. The second kappa shape index (κ2) is 16.5. The van der Waals surface area contributed by atoms with E-state index in [2.05, 4.69) is 62.3 Å². The summed E-state index contributed by atoms with van der Waals surface area (Å²) in [7, 11) is 2.60. The molecule has 8 rings (SSSR count). The Balaban J connectivity index is 1.01. The number of ether oxygens (including phenoxy) is 2. The molecule has 4 amide bonds. The van der Waals surface area contributed by atoms with E-state index in [4.69, 9.17) is 19.4 Å². The number of fused-ring (bicyclic) bond motifs is 5. The van der Waals surface area contributed by atoms with Gasteiger partial charge in [-0.1, -0.05) is 64.1 Å². The van der Waals surface area contributed by atoms with Gasteiger partial charge >= 0.3 is 12.2 Å². The van der Waals surface area contributed by atoms with Crippen molar-refractivity contribution in [3.8, 4) is 33.6 Å². The fourth-order valence-corrected chi connectivity index (χ4v) is 9.58. The maximum atomic E-state index is 13.8. The second-order valence-electron chi connectivity index (χ2n) is 16.9. The highest BCUT2D eigenvalue weighted by molar-refractivity contribution is 5.87. The molecule has 2 aromatic carbocycles. The standard InChI is InChI=1S/C44H55N9O6/c1-23(2)37(50-43(56)58-5)41(54)52-19-7-9-33(52)39-45-21-31(48-39)26-13-11-25(12-14-26)27-15-16-28(36-30-18-17-29(47-30)35(27)36)32-22-46-40(49-32)34-10-8-20-53(34)42(55)38(24(3)4)51-44(57)59-6/h11-16,21-24,29-30,33-34,37-38,47H,7-10,17-20H2,1-6H3,(H,45,48)(H,46,49)(H,50,56)(H,51,57)/t29?,30?,33-,34-,37-,38+/m0/s1. The highest BCUT2D eigenvalue weighted by Crippen LogP contribution is 2.52. The molecular weight excluding hydrogens is 751 g/mol. The molecule has 2 aromatic heterocycles. The van der Waals surface area contributed by atoms with Crippen molar-refractivity contribution in [1.82, 2.24) is 45.7 Å². The van der Waals surface area contributed by atoms with Crippen LogP contribution < -0.4 is 16.0 Å². The van der Waals surface area contributed by atoms with Crippen LogP contribution in [0.2, 0.25) is 0 Å². The summed E-state index contributed by atoms with van der Waals surface area (Å²) in [4.78, 5) is 71.8. The Morgan fingerprint density at radius 1 is 0.644 bits per heavy atom. The van der Waals surface area contributed by atoms with E-state index >= 15 is 0 Å². The molecule has 0 spiro atoms. The van der Waals surface area contributed by atoms with Gasteiger partial charge in [0.05, 0.1) is 50.1 Å². The monoisotopic (exact) mass is 805 g/mol. The van der Waals surface area contributed by atoms with Crippen LogP contribution in [0.3, 0.4) is 0 Å². The zero-order chi connectivity index (χ0) is 41.5. The van der Waals surface area contributed by atoms with Crippen molar-refractivity contribution in [1.29, 1.82) is 0 Å². The van der Waals surface area contributed by atoms with Gasteiger partial charge in [-0.05, 0) is 78.2 Å². The van der Waals surface area contributed by atoms with E-state index in [-0.39, 0.29) is 47.8 Å². The Kier molecular flexibility index (Phi) is 11.2. The van der Waals surface area contributed by atoms with Crippen LogP contribution in [0.5, 0.6) is 0 Å². The third-order valence-electron chi connectivity index (χ3n) is 12.6. The third kappa shape index (κ3) is 7.56. The summed E-state index contributed by atoms with van der Waals surface area (Å²) in [5.41, 5.74) is 8.86. The number of alkyl carbamates (subject to hydrolysis) is 2. The summed E-state index contributed by atoms with van der Waals surface area (Å²) in [6.07, 6.45) is 7.89. The summed E-state index contributed by atoms with van der Waals surface area (Å²) >= 11 is 0. The Morgan fingerprint density at radius 2 is 1.10 bits per heavy atom. The van der Waals surface area contributed by atoms with Crippen LogP contribution in [0.15, 0.2) is 48.8 Å². The fourth-order valence-electron chi connectivity index (χ4n) is 9.58. The van der Waals surface area contributed by atoms with Crippen LogP contribution in [-0.4, -0.2) is 93.1 Å². The lowest BCUT2D eigenvalue weighted by Crippen LogP contribution is -2.51. The quantitative estimate of drug-likeness (QED) is 0.110. The highest BCUT2D eigenvalue weighted by Gasteiger charge is 2.42. The SMILES string of the molecule is COC(=O)N[C@H](C(=O)N1CCC[C@H]1c1ncc(-c2ccc(-c3ccc(-c4cnc([C@@H]5CCCN5C(=O)[C@H](NC(=O)OC)C(C)C)[nH]4)c4c3C3CCC4N3)cc2)[nH]1)C(C)C. The van der Waals surface area contributed by atoms with Crippen molar-refractivity contribution in [2.24, 2.45) is 11.8 Å². The van der Waals surface area contributed by atoms with E-state index in [0.717, 1.165) is 78.3 Å². The van der Waals surface area contributed by atoms with Gasteiger partial charge in [0.2, 0.25) is 11.8 Å². The molecule has 6 heterocycles. The predicted octanol–water partition coefficient (Wildman–Crippen LogP) is 6.70. The smallest absolute Gasteiger partial charge is 0.407 e. The van der Waals surface area contributed by atoms with Gasteiger partial charge in [0.1, 0.15) is 23.7 Å². The van der Waals surface area contributed by atoms with E-state index in [1.807, 2.05) is 49.9 Å². The van der Waals surface area contributed by atoms with Crippen LogP contribution in [0.1, 0.15) is 113 Å². The molecule has 4 aliphatic heterocycles. The minimum absolute atomic E-state index is 0.107. The number of rotatable bonds is 11. The molecule has 15 nitrogen and oxygen atoms in total. The van der Waals surface area contributed by atoms with E-state index < -0.39 is 24.3 Å². The molecule has 59 heavy (non-hydrogen) atoms. The number of methoxy groups -OCH3 is 2. The maximum absolute atomic E-state index is 13.8. The third-order valence-corrected chi connectivity index (χ3v) is 12.6. The Bertz CT molecular complexity index is 2210. The molecule has 312 valence electrons. The molecule has 0 saturated carbocycles. The highest BCUT2D eigenvalue weighted by atomic mass is 16.5. The summed E-state index contributed by atoms with van der Waals surface area (Å²) in [5, 5.41) is 9.28. The van der Waals surface area contributed by atoms with Crippen molar-refractivity contribution < 1.29 is 28.7 Å². The first-order chi connectivity index (χ1) is 28.5. The molecule has 2 unspecified atom stereocenters. The van der Waals surface area contributed by atoms with Crippen LogP contribution >= 0.6 is 0 Å². The van der Waals surface area contributed by atoms with Gasteiger partial charge < -0.3 is 45.2 Å². The normalized spacial score (nSPS) is 21.8. The molecule has 3 fully saturated rings. The number of nitrogens with one attached hydrogen (secondary N) is 5. The molecule has 2 bridgehead atoms. The van der Waals surface area contributed by atoms with Crippen molar-refractivity contribution in [3.05, 3.63) is 71.6 Å². The van der Waals surface area contributed by atoms with Gasteiger partial charge in [-0.3, -0.25) is 9.59 Å². The van der Waals surface area contributed by atoms with Gasteiger partial charge in [0.25, 0.3) is 0 Å². The van der Waals surface area contributed by atoms with E-state index in [0.29, 0.717) is 13.1 Å². The number of imidazole rings is 2. The molecule has 0 radical (unpaired) electrons. The number of aromatic amines is 2. The average molecular weight is 806 g/mol. The number of aromatic nitrogens is 4.